The van der Waals surface area contributed by atoms with Crippen LogP contribution in [0.25, 0.3) is 27.6 Å². The molecule has 0 spiro atoms. The summed E-state index contributed by atoms with van der Waals surface area (Å²) in [5.74, 6) is 2.44. The fraction of sp³-hybridized carbons (Fsp3) is 0.292. The molecule has 0 amide bonds. The maximum atomic E-state index is 6.70. The van der Waals surface area contributed by atoms with Crippen molar-refractivity contribution in [2.45, 2.75) is 85.5 Å². The third kappa shape index (κ3) is 6.27. The molecule has 0 bridgehead atoms. The SMILES string of the molecule is Cc1cc(C(C)(C)C)c(N2CN(c3cccc(Oc4ccc5c6ccccc6n(-c6cc(C(C)(C)C)ccn6)c5c4)c3)c3cnccc32)c(C(C)(C)C)c1. The predicted molar refractivity (Wildman–Crippen MR) is 226 cm³/mol. The van der Waals surface area contributed by atoms with Crippen LogP contribution in [-0.2, 0) is 16.2 Å². The van der Waals surface area contributed by atoms with Crippen LogP contribution in [0.5, 0.6) is 11.5 Å². The largest absolute Gasteiger partial charge is 0.457 e. The Kier molecular flexibility index (Phi) is 8.37. The maximum Gasteiger partial charge on any atom is 0.137 e. The third-order valence-electron chi connectivity index (χ3n) is 10.6. The molecule has 0 saturated carbocycles. The summed E-state index contributed by atoms with van der Waals surface area (Å²) in [7, 11) is 0. The standard InChI is InChI=1S/C48H51N5O/c1-31-24-38(47(5,6)7)45(39(25-31)48(8,9)10)52-30-51(43-29-49-22-21-41(43)52)33-14-13-15-34(27-33)54-35-18-19-37-36-16-11-12-17-40(36)53(42(37)28-35)44-26-32(20-23-50-44)46(2,3)4/h11-29H,30H2,1-10H3. The molecule has 6 heteroatoms. The van der Waals surface area contributed by atoms with E-state index in [0.717, 1.165) is 50.8 Å². The summed E-state index contributed by atoms with van der Waals surface area (Å²) < 4.78 is 8.96. The maximum absolute atomic E-state index is 6.70. The van der Waals surface area contributed by atoms with Crippen molar-refractivity contribution in [3.63, 3.8) is 0 Å². The zero-order valence-corrected chi connectivity index (χ0v) is 33.3. The van der Waals surface area contributed by atoms with E-state index in [1.807, 2.05) is 24.7 Å². The number of benzene rings is 4. The fourth-order valence-corrected chi connectivity index (χ4v) is 7.85. The summed E-state index contributed by atoms with van der Waals surface area (Å²) in [6, 6.07) is 34.5. The van der Waals surface area contributed by atoms with Gasteiger partial charge in [0.05, 0.1) is 34.3 Å². The number of nitrogens with zero attached hydrogens (tertiary/aromatic N) is 5. The highest BCUT2D eigenvalue weighted by molar-refractivity contribution is 6.09. The molecule has 0 unspecified atom stereocenters. The highest BCUT2D eigenvalue weighted by Crippen LogP contribution is 2.50. The number of anilines is 4. The Hall–Kier alpha value is -5.62. The molecule has 0 atom stereocenters. The van der Waals surface area contributed by atoms with E-state index in [4.69, 9.17) is 9.72 Å². The molecule has 54 heavy (non-hydrogen) atoms. The number of hydrogen-bond acceptors (Lipinski definition) is 5. The van der Waals surface area contributed by atoms with Crippen LogP contribution < -0.4 is 14.5 Å². The van der Waals surface area contributed by atoms with E-state index >= 15 is 0 Å². The van der Waals surface area contributed by atoms with Crippen LogP contribution in [0.3, 0.4) is 0 Å². The van der Waals surface area contributed by atoms with Gasteiger partial charge in [0.2, 0.25) is 0 Å². The Balaban J connectivity index is 1.18. The number of para-hydroxylation sites is 1. The van der Waals surface area contributed by atoms with Crippen molar-refractivity contribution in [2.24, 2.45) is 0 Å². The topological polar surface area (TPSA) is 46.4 Å². The van der Waals surface area contributed by atoms with Gasteiger partial charge in [-0.15, -0.1) is 0 Å². The van der Waals surface area contributed by atoms with E-state index in [-0.39, 0.29) is 16.2 Å². The lowest BCUT2D eigenvalue weighted by Crippen LogP contribution is -2.30. The second-order valence-corrected chi connectivity index (χ2v) is 17.9. The van der Waals surface area contributed by atoms with Gasteiger partial charge in [0.1, 0.15) is 24.0 Å². The highest BCUT2D eigenvalue weighted by Gasteiger charge is 2.35. The van der Waals surface area contributed by atoms with Gasteiger partial charge in [0.15, 0.2) is 0 Å². The minimum Gasteiger partial charge on any atom is -0.457 e. The van der Waals surface area contributed by atoms with Gasteiger partial charge in [0, 0.05) is 41.0 Å². The molecule has 7 aromatic rings. The van der Waals surface area contributed by atoms with Crippen LogP contribution in [-0.4, -0.2) is 21.2 Å². The lowest BCUT2D eigenvalue weighted by molar-refractivity contribution is 0.483. The molecule has 4 aromatic carbocycles. The van der Waals surface area contributed by atoms with Gasteiger partial charge in [-0.3, -0.25) is 9.55 Å². The molecule has 3 aromatic heterocycles. The first-order chi connectivity index (χ1) is 25.6. The van der Waals surface area contributed by atoms with Gasteiger partial charge in [-0.1, -0.05) is 104 Å². The quantitative estimate of drug-likeness (QED) is 0.178. The Morgan fingerprint density at radius 2 is 1.30 bits per heavy atom. The highest BCUT2D eigenvalue weighted by atomic mass is 16.5. The molecule has 1 aliphatic heterocycles. The van der Waals surface area contributed by atoms with Gasteiger partial charge in [-0.25, -0.2) is 4.98 Å². The zero-order chi connectivity index (χ0) is 38.2. The molecule has 274 valence electrons. The van der Waals surface area contributed by atoms with Crippen LogP contribution in [0.1, 0.15) is 84.6 Å². The van der Waals surface area contributed by atoms with Crippen LogP contribution in [0.4, 0.5) is 22.7 Å². The zero-order valence-electron chi connectivity index (χ0n) is 33.3. The number of ether oxygens (including phenoxy) is 1. The van der Waals surface area contributed by atoms with Gasteiger partial charge < -0.3 is 14.5 Å². The summed E-state index contributed by atoms with van der Waals surface area (Å²) in [5.41, 5.74) is 11.9. The molecule has 0 fully saturated rings. The van der Waals surface area contributed by atoms with Crippen molar-refractivity contribution in [1.82, 2.24) is 14.5 Å². The Morgan fingerprint density at radius 1 is 0.593 bits per heavy atom. The second kappa shape index (κ2) is 12.8. The number of pyridine rings is 2. The van der Waals surface area contributed by atoms with Gasteiger partial charge >= 0.3 is 0 Å². The Labute approximate surface area is 320 Å². The number of rotatable bonds is 5. The molecule has 4 heterocycles. The lowest BCUT2D eigenvalue weighted by Gasteiger charge is -2.35. The molecule has 0 radical (unpaired) electrons. The third-order valence-corrected chi connectivity index (χ3v) is 10.6. The van der Waals surface area contributed by atoms with Crippen LogP contribution in [0.2, 0.25) is 0 Å². The van der Waals surface area contributed by atoms with Crippen LogP contribution in [0.15, 0.2) is 116 Å². The van der Waals surface area contributed by atoms with Crippen molar-refractivity contribution >= 4 is 44.6 Å². The summed E-state index contributed by atoms with van der Waals surface area (Å²) >= 11 is 0. The van der Waals surface area contributed by atoms with Crippen LogP contribution in [0, 0.1) is 6.92 Å². The fourth-order valence-electron chi connectivity index (χ4n) is 7.85. The average molecular weight is 714 g/mol. The lowest BCUT2D eigenvalue weighted by atomic mass is 9.77. The Bertz CT molecular complexity index is 2510. The molecule has 6 nitrogen and oxygen atoms in total. The monoisotopic (exact) mass is 713 g/mol. The normalized spacial score (nSPS) is 13.6. The first-order valence-electron chi connectivity index (χ1n) is 19.0. The first kappa shape index (κ1) is 35.4. The number of fused-ring (bicyclic) bond motifs is 4. The van der Waals surface area contributed by atoms with Crippen molar-refractivity contribution in [1.29, 1.82) is 0 Å². The van der Waals surface area contributed by atoms with E-state index in [1.54, 1.807) is 0 Å². The van der Waals surface area contributed by atoms with Crippen molar-refractivity contribution in [3.05, 3.63) is 138 Å². The molecular weight excluding hydrogens is 663 g/mol. The van der Waals surface area contributed by atoms with Gasteiger partial charge in [-0.2, -0.15) is 0 Å². The summed E-state index contributed by atoms with van der Waals surface area (Å²) in [6.07, 6.45) is 5.81. The van der Waals surface area contributed by atoms with E-state index in [0.29, 0.717) is 6.67 Å². The van der Waals surface area contributed by atoms with Crippen molar-refractivity contribution in [3.8, 4) is 17.3 Å². The van der Waals surface area contributed by atoms with Gasteiger partial charge in [0.25, 0.3) is 0 Å². The van der Waals surface area contributed by atoms with Crippen molar-refractivity contribution in [2.75, 3.05) is 16.5 Å². The molecule has 8 rings (SSSR count). The molecule has 0 N–H and O–H groups in total. The molecule has 1 aliphatic rings. The first-order valence-corrected chi connectivity index (χ1v) is 19.0. The van der Waals surface area contributed by atoms with E-state index in [9.17, 15) is 0 Å². The summed E-state index contributed by atoms with van der Waals surface area (Å²) in [5, 5.41) is 2.35. The summed E-state index contributed by atoms with van der Waals surface area (Å²) in [4.78, 5) is 14.3. The van der Waals surface area contributed by atoms with E-state index < -0.39 is 0 Å². The molecule has 0 saturated heterocycles. The minimum absolute atomic E-state index is 0.00256. The van der Waals surface area contributed by atoms with Gasteiger partial charge in [-0.05, 0) is 88.4 Å². The number of aromatic nitrogens is 3. The van der Waals surface area contributed by atoms with Crippen molar-refractivity contribution < 1.29 is 4.74 Å². The summed E-state index contributed by atoms with van der Waals surface area (Å²) in [6.45, 7) is 23.5. The minimum atomic E-state index is -0.0476. The second-order valence-electron chi connectivity index (χ2n) is 17.9. The van der Waals surface area contributed by atoms with Crippen LogP contribution >= 0.6 is 0 Å². The number of hydrogen-bond donors (Lipinski definition) is 0. The van der Waals surface area contributed by atoms with E-state index in [1.165, 1.54) is 33.3 Å². The predicted octanol–water partition coefficient (Wildman–Crippen LogP) is 12.8. The molecular formula is C48H51N5O. The Morgan fingerprint density at radius 3 is 2.02 bits per heavy atom. The van der Waals surface area contributed by atoms with E-state index in [2.05, 4.69) is 180 Å². The smallest absolute Gasteiger partial charge is 0.137 e. The molecule has 0 aliphatic carbocycles. The number of aryl methyl sites for hydroxylation is 1. The average Bonchev–Trinajstić information content (AvgIpc) is 3.66.